The van der Waals surface area contributed by atoms with Crippen molar-refractivity contribution in [2.45, 2.75) is 12.0 Å². The maximum Gasteiger partial charge on any atom is 0.411 e. The van der Waals surface area contributed by atoms with E-state index in [4.69, 9.17) is 14.9 Å². The molecule has 1 aliphatic rings. The third-order valence-electron chi connectivity index (χ3n) is 5.70. The van der Waals surface area contributed by atoms with Gasteiger partial charge in [-0.25, -0.2) is 9.59 Å². The minimum Gasteiger partial charge on any atom is -0.480 e. The molecular formula is C27H24N2O6. The predicted octanol–water partition coefficient (Wildman–Crippen LogP) is 3.62. The average Bonchev–Trinajstić information content (AvgIpc) is 3.18. The lowest BCUT2D eigenvalue weighted by Gasteiger charge is -2.14. The molecule has 0 heterocycles. The summed E-state index contributed by atoms with van der Waals surface area (Å²) in [6.07, 6.45) is 2.02. The second-order valence-electron chi connectivity index (χ2n) is 7.99. The minimum absolute atomic E-state index is 0.0468. The van der Waals surface area contributed by atoms with E-state index < -0.39 is 30.6 Å². The van der Waals surface area contributed by atoms with Crippen molar-refractivity contribution in [1.82, 2.24) is 5.32 Å². The quantitative estimate of drug-likeness (QED) is 0.371. The number of aliphatic carboxylic acids is 1. The lowest BCUT2D eigenvalue weighted by atomic mass is 9.98. The molecule has 35 heavy (non-hydrogen) atoms. The van der Waals surface area contributed by atoms with Gasteiger partial charge in [0.1, 0.15) is 6.61 Å². The molecule has 4 N–H and O–H groups in total. The van der Waals surface area contributed by atoms with Crippen molar-refractivity contribution >= 4 is 29.7 Å². The Balaban J connectivity index is 1.36. The highest BCUT2D eigenvalue weighted by molar-refractivity contribution is 5.94. The predicted molar refractivity (Wildman–Crippen MR) is 131 cm³/mol. The van der Waals surface area contributed by atoms with Crippen LogP contribution in [0.1, 0.15) is 22.6 Å². The molecule has 1 aliphatic carbocycles. The number of fused-ring (bicyclic) bond motifs is 3. The summed E-state index contributed by atoms with van der Waals surface area (Å²) in [6.45, 7) is -0.524. The number of carbonyl (C=O) groups is 3. The summed E-state index contributed by atoms with van der Waals surface area (Å²) in [7, 11) is 0. The van der Waals surface area contributed by atoms with Crippen LogP contribution in [0.15, 0.2) is 78.9 Å². The first kappa shape index (κ1) is 23.7. The molecule has 0 spiro atoms. The van der Waals surface area contributed by atoms with Crippen molar-refractivity contribution < 1.29 is 29.3 Å². The number of amides is 2. The number of rotatable bonds is 8. The topological polar surface area (TPSA) is 125 Å². The number of aliphatic hydroxyl groups excluding tert-OH is 1. The molecule has 0 radical (unpaired) electrons. The number of hydrogen-bond donors (Lipinski definition) is 4. The summed E-state index contributed by atoms with van der Waals surface area (Å²) in [6, 6.07) is 21.5. The first-order valence-corrected chi connectivity index (χ1v) is 11.0. The molecule has 4 rings (SSSR count). The monoisotopic (exact) mass is 472 g/mol. The van der Waals surface area contributed by atoms with Crippen molar-refractivity contribution in [1.29, 1.82) is 0 Å². The molecule has 0 aliphatic heterocycles. The number of ether oxygens (including phenoxy) is 1. The molecule has 0 unspecified atom stereocenters. The molecule has 0 fully saturated rings. The van der Waals surface area contributed by atoms with E-state index in [-0.39, 0.29) is 12.5 Å². The van der Waals surface area contributed by atoms with Crippen LogP contribution >= 0.6 is 0 Å². The normalized spacial score (nSPS) is 13.1. The Kier molecular flexibility index (Phi) is 7.23. The number of carbonyl (C=O) groups excluding carboxylic acids is 2. The Morgan fingerprint density at radius 1 is 0.943 bits per heavy atom. The SMILES string of the molecule is O=C(/C=C/c1cccc(NC(=O)OCC2c3ccccc3-c3ccccc32)c1)N[C@@H](CO)C(=O)O. The molecule has 0 aromatic heterocycles. The summed E-state index contributed by atoms with van der Waals surface area (Å²) < 4.78 is 5.55. The Hall–Kier alpha value is -4.43. The molecular weight excluding hydrogens is 448 g/mol. The fraction of sp³-hybridized carbons (Fsp3) is 0.148. The van der Waals surface area contributed by atoms with E-state index in [9.17, 15) is 14.4 Å². The fourth-order valence-electron chi connectivity index (χ4n) is 4.05. The van der Waals surface area contributed by atoms with E-state index in [1.165, 1.54) is 6.08 Å². The number of nitrogens with one attached hydrogen (secondary N) is 2. The number of carboxylic acids is 1. The van der Waals surface area contributed by atoms with Gasteiger partial charge in [0.2, 0.25) is 5.91 Å². The molecule has 3 aromatic carbocycles. The highest BCUT2D eigenvalue weighted by Gasteiger charge is 2.29. The zero-order valence-corrected chi connectivity index (χ0v) is 18.7. The third kappa shape index (κ3) is 5.56. The van der Waals surface area contributed by atoms with E-state index >= 15 is 0 Å². The number of anilines is 1. The van der Waals surface area contributed by atoms with Crippen LogP contribution in [0, 0.1) is 0 Å². The standard InChI is InChI=1S/C27H24N2O6/c30-15-24(26(32)33)29-25(31)13-12-17-6-5-7-18(14-17)28-27(34)35-16-23-21-10-3-1-8-19(21)20-9-2-4-11-22(20)23/h1-14,23-24,30H,15-16H2,(H,28,34)(H,29,31)(H,32,33)/b13-12+/t24-/m0/s1. The van der Waals surface area contributed by atoms with Gasteiger partial charge in [-0.1, -0.05) is 60.7 Å². The van der Waals surface area contributed by atoms with Crippen molar-refractivity contribution in [3.05, 3.63) is 95.6 Å². The van der Waals surface area contributed by atoms with Crippen molar-refractivity contribution in [2.24, 2.45) is 0 Å². The van der Waals surface area contributed by atoms with Gasteiger partial charge < -0.3 is 20.3 Å². The first-order valence-electron chi connectivity index (χ1n) is 11.0. The van der Waals surface area contributed by atoms with E-state index in [2.05, 4.69) is 22.8 Å². The third-order valence-corrected chi connectivity index (χ3v) is 5.70. The van der Waals surface area contributed by atoms with Crippen molar-refractivity contribution in [3.63, 3.8) is 0 Å². The highest BCUT2D eigenvalue weighted by Crippen LogP contribution is 2.44. The minimum atomic E-state index is -1.38. The Bertz CT molecular complexity index is 1240. The molecule has 8 nitrogen and oxygen atoms in total. The van der Waals surface area contributed by atoms with Crippen LogP contribution in [0.4, 0.5) is 10.5 Å². The molecule has 8 heteroatoms. The molecule has 0 saturated heterocycles. The molecule has 178 valence electrons. The van der Waals surface area contributed by atoms with Gasteiger partial charge in [0.05, 0.1) is 6.61 Å². The summed E-state index contributed by atoms with van der Waals surface area (Å²) in [5.41, 5.74) is 5.62. The Labute approximate surface area is 201 Å². The molecule has 0 bridgehead atoms. The molecule has 0 saturated carbocycles. The van der Waals surface area contributed by atoms with Crippen LogP contribution in [0.3, 0.4) is 0 Å². The van der Waals surface area contributed by atoms with Gasteiger partial charge in [0.15, 0.2) is 6.04 Å². The van der Waals surface area contributed by atoms with Gasteiger partial charge in [-0.2, -0.15) is 0 Å². The van der Waals surface area contributed by atoms with Crippen molar-refractivity contribution in [2.75, 3.05) is 18.5 Å². The molecule has 1 atom stereocenters. The molecule has 2 amide bonds. The second-order valence-corrected chi connectivity index (χ2v) is 7.99. The highest BCUT2D eigenvalue weighted by atomic mass is 16.5. The zero-order valence-electron chi connectivity index (χ0n) is 18.7. The Morgan fingerprint density at radius 2 is 1.60 bits per heavy atom. The number of carboxylic acid groups (broad SMARTS) is 1. The van der Waals surface area contributed by atoms with Gasteiger partial charge in [0, 0.05) is 17.7 Å². The summed E-state index contributed by atoms with van der Waals surface area (Å²) >= 11 is 0. The average molecular weight is 472 g/mol. The fourth-order valence-corrected chi connectivity index (χ4v) is 4.05. The second kappa shape index (κ2) is 10.7. The molecule has 3 aromatic rings. The van der Waals surface area contributed by atoms with Crippen LogP contribution in [-0.2, 0) is 14.3 Å². The van der Waals surface area contributed by atoms with E-state index in [1.54, 1.807) is 24.3 Å². The maximum atomic E-state index is 12.5. The first-order chi connectivity index (χ1) is 17.0. The summed E-state index contributed by atoms with van der Waals surface area (Å²) in [5.74, 6) is -2.04. The zero-order chi connectivity index (χ0) is 24.8. The van der Waals surface area contributed by atoms with Crippen LogP contribution in [0.2, 0.25) is 0 Å². The van der Waals surface area contributed by atoms with Crippen LogP contribution in [0.25, 0.3) is 17.2 Å². The smallest absolute Gasteiger partial charge is 0.411 e. The number of benzene rings is 3. The van der Waals surface area contributed by atoms with Gasteiger partial charge in [-0.05, 0) is 46.0 Å². The summed E-state index contributed by atoms with van der Waals surface area (Å²) in [4.78, 5) is 35.3. The summed E-state index contributed by atoms with van der Waals surface area (Å²) in [5, 5.41) is 22.7. The largest absolute Gasteiger partial charge is 0.480 e. The van der Waals surface area contributed by atoms with Crippen LogP contribution in [0.5, 0.6) is 0 Å². The van der Waals surface area contributed by atoms with Gasteiger partial charge >= 0.3 is 12.1 Å². The lowest BCUT2D eigenvalue weighted by molar-refractivity contribution is -0.142. The number of aliphatic hydroxyl groups is 1. The van der Waals surface area contributed by atoms with Crippen LogP contribution in [-0.4, -0.2) is 47.4 Å². The van der Waals surface area contributed by atoms with Gasteiger partial charge in [-0.15, -0.1) is 0 Å². The lowest BCUT2D eigenvalue weighted by Crippen LogP contribution is -2.42. The Morgan fingerprint density at radius 3 is 2.23 bits per heavy atom. The maximum absolute atomic E-state index is 12.5. The van der Waals surface area contributed by atoms with E-state index in [1.807, 2.05) is 36.4 Å². The van der Waals surface area contributed by atoms with Gasteiger partial charge in [0.25, 0.3) is 0 Å². The number of hydrogen-bond acceptors (Lipinski definition) is 5. The van der Waals surface area contributed by atoms with Crippen LogP contribution < -0.4 is 10.6 Å². The van der Waals surface area contributed by atoms with Crippen molar-refractivity contribution in [3.8, 4) is 11.1 Å². The van der Waals surface area contributed by atoms with E-state index in [0.29, 0.717) is 11.3 Å². The van der Waals surface area contributed by atoms with Gasteiger partial charge in [-0.3, -0.25) is 10.1 Å². The van der Waals surface area contributed by atoms with E-state index in [0.717, 1.165) is 28.3 Å².